The number of carbonyl (C=O) groups excluding carboxylic acids is 2. The van der Waals surface area contributed by atoms with Gasteiger partial charge in [-0.25, -0.2) is 19.7 Å². The van der Waals surface area contributed by atoms with E-state index in [4.69, 9.17) is 33.0 Å². The molecule has 0 bridgehead atoms. The van der Waals surface area contributed by atoms with Crippen molar-refractivity contribution in [1.82, 2.24) is 39.0 Å². The van der Waals surface area contributed by atoms with Gasteiger partial charge in [0.2, 0.25) is 22.8 Å². The molecule has 23 heteroatoms. The van der Waals surface area contributed by atoms with Gasteiger partial charge in [0, 0.05) is 127 Å². The molecule has 83 heavy (non-hydrogen) atoms. The van der Waals surface area contributed by atoms with E-state index in [-0.39, 0.29) is 34.8 Å². The average molecular weight is 1160 g/mol. The lowest BCUT2D eigenvalue weighted by Crippen LogP contribution is -2.36. The monoisotopic (exact) mass is 1160 g/mol. The molecule has 2 aliphatic heterocycles. The number of rotatable bonds is 12. The van der Waals surface area contributed by atoms with Crippen LogP contribution in [0.5, 0.6) is 0 Å². The Morgan fingerprint density at radius 3 is 1.61 bits per heavy atom. The summed E-state index contributed by atoms with van der Waals surface area (Å²) in [6, 6.07) is 19.0. The van der Waals surface area contributed by atoms with Crippen molar-refractivity contribution in [3.8, 4) is 22.3 Å². The number of hydrogen-bond acceptors (Lipinski definition) is 20. The number of hydrogen-bond donors (Lipinski definition) is 2. The fourth-order valence-electron chi connectivity index (χ4n) is 11.6. The third kappa shape index (κ3) is 10.7. The highest BCUT2D eigenvalue weighted by Gasteiger charge is 2.29. The molecule has 0 atom stereocenters. The average Bonchev–Trinajstić information content (AvgIpc) is 3.71. The molecular weight excluding hydrogens is 1100 g/mol. The largest absolute Gasteiger partial charge is 0.464 e. The van der Waals surface area contributed by atoms with Crippen molar-refractivity contribution in [2.45, 2.75) is 63.5 Å². The number of nitrogens with zero attached hydrogens (tertiary/aromatic N) is 10. The summed E-state index contributed by atoms with van der Waals surface area (Å²) in [7, 11) is 4.93. The summed E-state index contributed by atoms with van der Waals surface area (Å²) in [6.07, 6.45) is 13.9. The number of esters is 1. The molecular formula is C60H60N12O9S2. The smallest absolute Gasteiger partial charge is 0.354 e. The van der Waals surface area contributed by atoms with Crippen molar-refractivity contribution < 1.29 is 32.6 Å². The van der Waals surface area contributed by atoms with Crippen molar-refractivity contribution in [3.63, 3.8) is 0 Å². The first-order valence-corrected chi connectivity index (χ1v) is 29.7. The summed E-state index contributed by atoms with van der Waals surface area (Å²) in [6.45, 7) is 5.19. The maximum Gasteiger partial charge on any atom is 0.354 e. The minimum absolute atomic E-state index is 0.0347. The Morgan fingerprint density at radius 1 is 0.614 bits per heavy atom. The summed E-state index contributed by atoms with van der Waals surface area (Å²) in [5, 5.41) is 12.1. The van der Waals surface area contributed by atoms with Crippen LogP contribution in [0, 0.1) is 0 Å². The molecule has 1 aromatic carbocycles. The number of morpholine rings is 2. The van der Waals surface area contributed by atoms with E-state index in [1.54, 1.807) is 49.7 Å². The van der Waals surface area contributed by atoms with E-state index in [1.165, 1.54) is 29.8 Å². The summed E-state index contributed by atoms with van der Waals surface area (Å²) in [5.41, 5.74) is 8.02. The minimum atomic E-state index is -0.367. The van der Waals surface area contributed by atoms with Crippen molar-refractivity contribution in [1.29, 1.82) is 0 Å². The van der Waals surface area contributed by atoms with Gasteiger partial charge in [0.25, 0.3) is 5.91 Å². The Balaban J connectivity index is 0.000000155. The maximum absolute atomic E-state index is 13.0. The molecule has 2 aliphatic carbocycles. The van der Waals surface area contributed by atoms with Crippen LogP contribution in [0.25, 0.3) is 64.9 Å². The molecule has 0 unspecified atom stereocenters. The molecule has 426 valence electrons. The molecule has 0 spiro atoms. The predicted octanol–water partition coefficient (Wildman–Crippen LogP) is 10.8. The molecule has 21 nitrogen and oxygen atoms in total. The van der Waals surface area contributed by atoms with Crippen molar-refractivity contribution >= 4 is 112 Å². The molecule has 10 aromatic rings. The summed E-state index contributed by atoms with van der Waals surface area (Å²) < 4.78 is 33.8. The number of anilines is 6. The normalized spacial score (nSPS) is 16.0. The first-order chi connectivity index (χ1) is 40.5. The molecule has 2 N–H and O–H groups in total. The van der Waals surface area contributed by atoms with Crippen LogP contribution in [-0.2, 0) is 14.2 Å². The number of aromatic nitrogens is 7. The van der Waals surface area contributed by atoms with Gasteiger partial charge in [0.05, 0.1) is 33.5 Å². The summed E-state index contributed by atoms with van der Waals surface area (Å²) >= 11 is 2.77. The summed E-state index contributed by atoms with van der Waals surface area (Å²) in [4.78, 5) is 80.1. The van der Waals surface area contributed by atoms with E-state index < -0.39 is 0 Å². The van der Waals surface area contributed by atoms with Crippen LogP contribution in [0.4, 0.5) is 35.2 Å². The van der Waals surface area contributed by atoms with Crippen LogP contribution in [0.1, 0.15) is 84.4 Å². The van der Waals surface area contributed by atoms with E-state index in [9.17, 15) is 19.2 Å². The standard InChI is InChI=1S/C30H31N7O4S.C30H29N5O5S/c1-35(2)29(39)22-13-19-16-32-30(34-28(19)37(22)20-5-3-4-6-20)33-24-8-7-18(15-31-24)21-17-42-27-23(38)14-25(41-26(21)27)36-9-11-40-12-10-36;1-38-29(37)23-14-19-16-31-30(33-28(19)35(23)21-4-2-3-5-21)32-20-8-6-18(7-9-20)22-17-41-27-24(36)15-25(40-26(22)27)34-10-12-39-13-11-34/h7-8,13-17,20H,3-6,9-12H2,1-2H3,(H,31,32,33,34);6-9,14-17,21H,2-5,10-13H2,1H3,(H,31,32,33). The van der Waals surface area contributed by atoms with E-state index in [2.05, 4.69) is 30.2 Å². The second-order valence-corrected chi connectivity index (χ2v) is 23.0. The van der Waals surface area contributed by atoms with Gasteiger partial charge in [0.15, 0.2) is 22.9 Å². The first kappa shape index (κ1) is 53.8. The Hall–Kier alpha value is -8.51. The molecule has 4 aliphatic rings. The second-order valence-electron chi connectivity index (χ2n) is 21.3. The summed E-state index contributed by atoms with van der Waals surface area (Å²) in [5.74, 6) is 2.17. The number of amides is 1. The molecule has 2 saturated carbocycles. The van der Waals surface area contributed by atoms with Crippen molar-refractivity contribution in [3.05, 3.63) is 122 Å². The molecule has 4 fully saturated rings. The number of nitrogens with one attached hydrogen (secondary N) is 2. The highest BCUT2D eigenvalue weighted by atomic mass is 32.1. The lowest BCUT2D eigenvalue weighted by molar-refractivity contribution is 0.0586. The Kier molecular flexibility index (Phi) is 14.9. The molecule has 11 heterocycles. The van der Waals surface area contributed by atoms with E-state index in [1.807, 2.05) is 73.7 Å². The third-order valence-electron chi connectivity index (χ3n) is 15.8. The quantitative estimate of drug-likeness (QED) is 0.108. The van der Waals surface area contributed by atoms with Gasteiger partial charge >= 0.3 is 5.97 Å². The number of fused-ring (bicyclic) bond motifs is 4. The highest BCUT2D eigenvalue weighted by Crippen LogP contribution is 2.39. The Bertz CT molecular complexity index is 4160. The van der Waals surface area contributed by atoms with Gasteiger partial charge in [-0.2, -0.15) is 9.97 Å². The van der Waals surface area contributed by atoms with Crippen LogP contribution in [0.3, 0.4) is 0 Å². The van der Waals surface area contributed by atoms with Gasteiger partial charge in [-0.05, 0) is 67.6 Å². The van der Waals surface area contributed by atoms with Crippen LogP contribution >= 0.6 is 22.7 Å². The number of benzene rings is 1. The Morgan fingerprint density at radius 2 is 1.11 bits per heavy atom. The number of thiophene rings is 2. The maximum atomic E-state index is 13.0. The SMILES string of the molecule is CN(C)C(=O)c1cc2cnc(Nc3ccc(-c4csc5c(=O)cc(N6CCOCC6)oc45)cn3)nc2n1C1CCCC1.COC(=O)c1cc2cnc(Nc3ccc(-c4csc5c(=O)cc(N6CCOCC6)oc45)cc3)nc2n1C1CCCC1. The molecule has 0 radical (unpaired) electrons. The van der Waals surface area contributed by atoms with E-state index in [0.717, 1.165) is 101 Å². The zero-order valence-corrected chi connectivity index (χ0v) is 47.7. The van der Waals surface area contributed by atoms with Gasteiger partial charge in [-0.15, -0.1) is 22.7 Å². The van der Waals surface area contributed by atoms with E-state index >= 15 is 0 Å². The van der Waals surface area contributed by atoms with Gasteiger partial charge < -0.3 is 57.5 Å². The number of pyridine rings is 1. The fraction of sp³-hybridized carbons (Fsp3) is 0.350. The lowest BCUT2D eigenvalue weighted by atomic mass is 10.1. The first-order valence-electron chi connectivity index (χ1n) is 28.0. The zero-order chi connectivity index (χ0) is 56.7. The van der Waals surface area contributed by atoms with Crippen LogP contribution in [0.15, 0.2) is 108 Å². The Labute approximate surface area is 483 Å². The predicted molar refractivity (Wildman–Crippen MR) is 321 cm³/mol. The van der Waals surface area contributed by atoms with Crippen LogP contribution < -0.4 is 31.3 Å². The van der Waals surface area contributed by atoms with Gasteiger partial charge in [0.1, 0.15) is 37.9 Å². The van der Waals surface area contributed by atoms with Crippen molar-refractivity contribution in [2.75, 3.05) is 94.2 Å². The minimum Gasteiger partial charge on any atom is -0.464 e. The highest BCUT2D eigenvalue weighted by molar-refractivity contribution is 7.18. The fourth-order valence-corrected chi connectivity index (χ4v) is 13.4. The second kappa shape index (κ2) is 23.0. The van der Waals surface area contributed by atoms with Crippen LogP contribution in [0.2, 0.25) is 0 Å². The molecule has 1 amide bonds. The van der Waals surface area contributed by atoms with Crippen LogP contribution in [-0.4, -0.2) is 125 Å². The third-order valence-corrected chi connectivity index (χ3v) is 17.8. The number of carbonyl (C=O) groups is 2. The molecule has 2 saturated heterocycles. The number of methoxy groups -OCH3 is 1. The topological polar surface area (TPSA) is 230 Å². The number of ether oxygens (including phenoxy) is 3. The van der Waals surface area contributed by atoms with Gasteiger partial charge in [-0.1, -0.05) is 37.8 Å². The zero-order valence-electron chi connectivity index (χ0n) is 46.1. The van der Waals surface area contributed by atoms with E-state index in [0.29, 0.717) is 114 Å². The molecule has 9 aromatic heterocycles. The van der Waals surface area contributed by atoms with Crippen molar-refractivity contribution in [2.24, 2.45) is 0 Å². The van der Waals surface area contributed by atoms with Gasteiger partial charge in [-0.3, -0.25) is 14.4 Å². The molecule has 14 rings (SSSR count). The lowest BCUT2D eigenvalue weighted by Gasteiger charge is -2.27.